The highest BCUT2D eigenvalue weighted by molar-refractivity contribution is 7.99. The molecule has 27 heavy (non-hydrogen) atoms. The van der Waals surface area contributed by atoms with Gasteiger partial charge in [0, 0.05) is 23.1 Å². The van der Waals surface area contributed by atoms with E-state index in [1.54, 1.807) is 30.0 Å². The van der Waals surface area contributed by atoms with Crippen LogP contribution in [0.4, 0.5) is 5.69 Å². The van der Waals surface area contributed by atoms with Gasteiger partial charge in [-0.15, -0.1) is 11.8 Å². The van der Waals surface area contributed by atoms with Crippen LogP contribution >= 0.6 is 11.8 Å². The van der Waals surface area contributed by atoms with Gasteiger partial charge in [0.25, 0.3) is 5.91 Å². The number of thioether (sulfide) groups is 1. The zero-order valence-corrected chi connectivity index (χ0v) is 16.6. The molecule has 2 N–H and O–H groups in total. The predicted molar refractivity (Wildman–Crippen MR) is 105 cm³/mol. The van der Waals surface area contributed by atoms with E-state index in [1.165, 1.54) is 6.42 Å². The number of nitrogens with one attached hydrogen (secondary N) is 2. The van der Waals surface area contributed by atoms with Gasteiger partial charge in [-0.25, -0.2) is 4.79 Å². The second-order valence-electron chi connectivity index (χ2n) is 7.38. The molecular weight excluding hydrogens is 364 g/mol. The van der Waals surface area contributed by atoms with E-state index in [9.17, 15) is 14.4 Å². The Hall–Kier alpha value is -2.02. The topological polar surface area (TPSA) is 84.5 Å². The first kappa shape index (κ1) is 19.7. The van der Waals surface area contributed by atoms with Gasteiger partial charge in [-0.05, 0) is 36.5 Å². The first-order valence-corrected chi connectivity index (χ1v) is 10.5. The van der Waals surface area contributed by atoms with Crippen LogP contribution in [0.15, 0.2) is 23.1 Å². The average molecular weight is 391 g/mol. The van der Waals surface area contributed by atoms with Crippen molar-refractivity contribution < 1.29 is 19.1 Å². The smallest absolute Gasteiger partial charge is 0.338 e. The molecule has 1 aromatic rings. The summed E-state index contributed by atoms with van der Waals surface area (Å²) in [6.07, 6.45) is 3.70. The van der Waals surface area contributed by atoms with Crippen LogP contribution in [0.5, 0.6) is 0 Å². The first-order chi connectivity index (χ1) is 12.9. The van der Waals surface area contributed by atoms with Crippen molar-refractivity contribution in [3.63, 3.8) is 0 Å². The lowest BCUT2D eigenvalue weighted by atomic mass is 9.78. The highest BCUT2D eigenvalue weighted by Gasteiger charge is 2.28. The zero-order valence-electron chi connectivity index (χ0n) is 15.7. The molecule has 3 atom stereocenters. The molecule has 1 aliphatic carbocycles. The summed E-state index contributed by atoms with van der Waals surface area (Å²) in [5.74, 6) is 0.806. The Bertz CT molecular complexity index is 737. The van der Waals surface area contributed by atoms with E-state index in [-0.39, 0.29) is 24.5 Å². The number of benzene rings is 1. The number of anilines is 1. The molecule has 0 radical (unpaired) electrons. The van der Waals surface area contributed by atoms with Gasteiger partial charge in [0.1, 0.15) is 0 Å². The Morgan fingerprint density at radius 3 is 2.93 bits per heavy atom. The quantitative estimate of drug-likeness (QED) is 0.771. The fourth-order valence-electron chi connectivity index (χ4n) is 3.60. The summed E-state index contributed by atoms with van der Waals surface area (Å²) in [5, 5.41) is 5.79. The van der Waals surface area contributed by atoms with Crippen molar-refractivity contribution >= 4 is 35.2 Å². The zero-order chi connectivity index (χ0) is 19.4. The van der Waals surface area contributed by atoms with Crippen molar-refractivity contribution in [2.45, 2.75) is 50.5 Å². The summed E-state index contributed by atoms with van der Waals surface area (Å²) >= 11 is 1.57. The van der Waals surface area contributed by atoms with Gasteiger partial charge < -0.3 is 15.4 Å². The summed E-state index contributed by atoms with van der Waals surface area (Å²) in [6.45, 7) is 4.07. The third-order valence-corrected chi connectivity index (χ3v) is 6.54. The molecule has 7 heteroatoms. The number of fused-ring (bicyclic) bond motifs is 1. The lowest BCUT2D eigenvalue weighted by Gasteiger charge is -2.34. The van der Waals surface area contributed by atoms with Crippen LogP contribution in [0.25, 0.3) is 0 Å². The summed E-state index contributed by atoms with van der Waals surface area (Å²) in [7, 11) is 0. The molecule has 0 bridgehead atoms. The van der Waals surface area contributed by atoms with Gasteiger partial charge >= 0.3 is 5.97 Å². The van der Waals surface area contributed by atoms with Crippen LogP contribution in [-0.4, -0.2) is 36.2 Å². The van der Waals surface area contributed by atoms with Crippen molar-refractivity contribution in [2.75, 3.05) is 17.7 Å². The number of carbonyl (C=O) groups is 3. The predicted octanol–water partition coefficient (Wildman–Crippen LogP) is 3.22. The highest BCUT2D eigenvalue weighted by atomic mass is 32.2. The van der Waals surface area contributed by atoms with Gasteiger partial charge in [-0.3, -0.25) is 9.59 Å². The largest absolute Gasteiger partial charge is 0.452 e. The van der Waals surface area contributed by atoms with E-state index in [0.29, 0.717) is 35.3 Å². The average Bonchev–Trinajstić information content (AvgIpc) is 2.83. The van der Waals surface area contributed by atoms with E-state index in [0.717, 1.165) is 17.7 Å². The van der Waals surface area contributed by atoms with Gasteiger partial charge in [0.05, 0.1) is 11.3 Å². The molecule has 2 aliphatic rings. The SMILES string of the molecule is C[C@H]1[C@@H](NC(=O)COC(=O)c2ccc3c(c2)NC(=O)CCS3)CCC[C@@H]1C. The standard InChI is InChI=1S/C20H26N2O4S/c1-12-4-3-5-15(13(12)2)21-19(24)11-26-20(25)14-6-7-17-16(10-14)22-18(23)8-9-27-17/h6-7,10,12-13,15H,3-5,8-9,11H2,1-2H3,(H,21,24)(H,22,23)/t12-,13+,15-/m0/s1. The van der Waals surface area contributed by atoms with E-state index in [2.05, 4.69) is 24.5 Å². The minimum atomic E-state index is -0.568. The molecule has 1 aromatic carbocycles. The summed E-state index contributed by atoms with van der Waals surface area (Å²) < 4.78 is 5.17. The van der Waals surface area contributed by atoms with E-state index < -0.39 is 5.97 Å². The molecule has 6 nitrogen and oxygen atoms in total. The third-order valence-electron chi connectivity index (χ3n) is 5.46. The number of carbonyl (C=O) groups excluding carboxylic acids is 3. The summed E-state index contributed by atoms with van der Waals surface area (Å²) in [4.78, 5) is 37.1. The monoisotopic (exact) mass is 390 g/mol. The van der Waals surface area contributed by atoms with Crippen LogP contribution in [0, 0.1) is 11.8 Å². The first-order valence-electron chi connectivity index (χ1n) is 9.47. The maximum Gasteiger partial charge on any atom is 0.338 e. The normalized spacial score (nSPS) is 25.0. The van der Waals surface area contributed by atoms with Gasteiger partial charge in [-0.1, -0.05) is 26.7 Å². The summed E-state index contributed by atoms with van der Waals surface area (Å²) in [6, 6.07) is 5.21. The summed E-state index contributed by atoms with van der Waals surface area (Å²) in [5.41, 5.74) is 0.940. The fourth-order valence-corrected chi connectivity index (χ4v) is 4.53. The molecule has 146 valence electrons. The van der Waals surface area contributed by atoms with Gasteiger partial charge in [0.2, 0.25) is 5.91 Å². The third kappa shape index (κ3) is 5.03. The number of esters is 1. The second kappa shape index (κ2) is 8.78. The Morgan fingerprint density at radius 1 is 1.30 bits per heavy atom. The van der Waals surface area contributed by atoms with Crippen LogP contribution in [0.1, 0.15) is 49.9 Å². The number of ether oxygens (including phenoxy) is 1. The molecule has 0 spiro atoms. The Labute approximate surface area is 163 Å². The fraction of sp³-hybridized carbons (Fsp3) is 0.550. The number of hydrogen-bond donors (Lipinski definition) is 2. The molecule has 1 fully saturated rings. The highest BCUT2D eigenvalue weighted by Crippen LogP contribution is 2.32. The number of rotatable bonds is 4. The van der Waals surface area contributed by atoms with Crippen molar-refractivity contribution in [2.24, 2.45) is 11.8 Å². The Kier molecular flexibility index (Phi) is 6.42. The number of amides is 2. The number of hydrogen-bond acceptors (Lipinski definition) is 5. The van der Waals surface area contributed by atoms with Gasteiger partial charge in [0.15, 0.2) is 6.61 Å². The van der Waals surface area contributed by atoms with E-state index >= 15 is 0 Å². The van der Waals surface area contributed by atoms with Crippen molar-refractivity contribution in [3.8, 4) is 0 Å². The van der Waals surface area contributed by atoms with Crippen molar-refractivity contribution in [1.82, 2.24) is 5.32 Å². The Balaban J connectivity index is 1.54. The van der Waals surface area contributed by atoms with Crippen LogP contribution in [-0.2, 0) is 14.3 Å². The molecule has 1 saturated carbocycles. The molecule has 0 unspecified atom stereocenters. The molecule has 1 heterocycles. The lowest BCUT2D eigenvalue weighted by molar-refractivity contribution is -0.125. The molecule has 0 saturated heterocycles. The maximum atomic E-state index is 12.3. The van der Waals surface area contributed by atoms with Crippen molar-refractivity contribution in [1.29, 1.82) is 0 Å². The minimum absolute atomic E-state index is 0.0676. The molecule has 2 amide bonds. The van der Waals surface area contributed by atoms with Crippen LogP contribution in [0.2, 0.25) is 0 Å². The van der Waals surface area contributed by atoms with Crippen LogP contribution < -0.4 is 10.6 Å². The second-order valence-corrected chi connectivity index (χ2v) is 8.51. The maximum absolute atomic E-state index is 12.3. The molecular formula is C20H26N2O4S. The van der Waals surface area contributed by atoms with Gasteiger partial charge in [-0.2, -0.15) is 0 Å². The molecule has 0 aromatic heterocycles. The van der Waals surface area contributed by atoms with E-state index in [4.69, 9.17) is 4.74 Å². The van der Waals surface area contributed by atoms with Crippen LogP contribution in [0.3, 0.4) is 0 Å². The minimum Gasteiger partial charge on any atom is -0.452 e. The molecule has 1 aliphatic heterocycles. The van der Waals surface area contributed by atoms with E-state index in [1.807, 2.05) is 0 Å². The molecule has 3 rings (SSSR count). The van der Waals surface area contributed by atoms with Crippen molar-refractivity contribution in [3.05, 3.63) is 23.8 Å². The lowest BCUT2D eigenvalue weighted by Crippen LogP contribution is -2.45. The Morgan fingerprint density at radius 2 is 2.11 bits per heavy atom.